The predicted molar refractivity (Wildman–Crippen MR) is 96.1 cm³/mol. The lowest BCUT2D eigenvalue weighted by Crippen LogP contribution is -2.31. The molecule has 0 aliphatic heterocycles. The molecule has 0 saturated carbocycles. The van der Waals surface area contributed by atoms with E-state index in [9.17, 15) is 22.4 Å². The van der Waals surface area contributed by atoms with Gasteiger partial charge in [0.1, 0.15) is 5.82 Å². The van der Waals surface area contributed by atoms with Gasteiger partial charge in [0.25, 0.3) is 5.91 Å². The van der Waals surface area contributed by atoms with Gasteiger partial charge in [0.2, 0.25) is 10.0 Å². The first kappa shape index (κ1) is 20.8. The van der Waals surface area contributed by atoms with Crippen LogP contribution in [0, 0.1) is 5.82 Å². The second kappa shape index (κ2) is 8.47. The Morgan fingerprint density at radius 1 is 1.26 bits per heavy atom. The third kappa shape index (κ3) is 5.75. The fraction of sp³-hybridized carbons (Fsp3) is 0.176. The van der Waals surface area contributed by atoms with Crippen molar-refractivity contribution in [3.8, 4) is 0 Å². The minimum atomic E-state index is -4.12. The molecule has 0 unspecified atom stereocenters. The van der Waals surface area contributed by atoms with E-state index >= 15 is 0 Å². The number of nitrogens with two attached hydrogens (primary N) is 1. The summed E-state index contributed by atoms with van der Waals surface area (Å²) in [6.07, 6.45) is 0. The van der Waals surface area contributed by atoms with E-state index < -0.39 is 50.8 Å². The van der Waals surface area contributed by atoms with Crippen LogP contribution in [0.4, 0.5) is 4.39 Å². The first-order valence-electron chi connectivity index (χ1n) is 7.62. The third-order valence-corrected chi connectivity index (χ3v) is 4.69. The number of hydrogen-bond donors (Lipinski definition) is 2. The van der Waals surface area contributed by atoms with Crippen LogP contribution in [0.15, 0.2) is 47.4 Å². The average molecular weight is 415 g/mol. The van der Waals surface area contributed by atoms with Crippen molar-refractivity contribution in [2.75, 3.05) is 6.61 Å². The van der Waals surface area contributed by atoms with Crippen molar-refractivity contribution in [2.45, 2.75) is 17.9 Å². The molecule has 0 bridgehead atoms. The van der Waals surface area contributed by atoms with E-state index in [-0.39, 0.29) is 0 Å². The fourth-order valence-electron chi connectivity index (χ4n) is 2.19. The van der Waals surface area contributed by atoms with Crippen molar-refractivity contribution in [1.29, 1.82) is 0 Å². The van der Waals surface area contributed by atoms with Gasteiger partial charge in [-0.15, -0.1) is 0 Å². The largest absolute Gasteiger partial charge is 0.452 e. The number of nitrogens with one attached hydrogen (secondary N) is 1. The Balaban J connectivity index is 2.00. The molecule has 2 aromatic carbocycles. The maximum absolute atomic E-state index is 13.8. The van der Waals surface area contributed by atoms with Gasteiger partial charge in [0, 0.05) is 5.02 Å². The number of halogens is 2. The molecule has 3 N–H and O–H groups in total. The molecule has 2 aromatic rings. The molecule has 10 heteroatoms. The van der Waals surface area contributed by atoms with Gasteiger partial charge in [-0.2, -0.15) is 0 Å². The van der Waals surface area contributed by atoms with E-state index in [1.54, 1.807) is 31.2 Å². The van der Waals surface area contributed by atoms with E-state index in [1.165, 1.54) is 0 Å². The van der Waals surface area contributed by atoms with Gasteiger partial charge in [-0.05, 0) is 42.8 Å². The predicted octanol–water partition coefficient (Wildman–Crippen LogP) is 2.16. The number of sulfonamides is 1. The number of carbonyl (C=O) groups excluding carboxylic acids is 2. The topological polar surface area (TPSA) is 116 Å². The minimum Gasteiger partial charge on any atom is -0.452 e. The van der Waals surface area contributed by atoms with E-state index in [2.05, 4.69) is 5.32 Å². The van der Waals surface area contributed by atoms with Crippen LogP contribution in [-0.4, -0.2) is 26.9 Å². The highest BCUT2D eigenvalue weighted by Gasteiger charge is 2.19. The van der Waals surface area contributed by atoms with Gasteiger partial charge in [0.15, 0.2) is 6.61 Å². The normalized spacial score (nSPS) is 12.3. The van der Waals surface area contributed by atoms with Crippen LogP contribution in [0.25, 0.3) is 0 Å². The zero-order valence-electron chi connectivity index (χ0n) is 14.1. The highest BCUT2D eigenvalue weighted by atomic mass is 35.5. The van der Waals surface area contributed by atoms with Crippen LogP contribution in [0.1, 0.15) is 28.9 Å². The number of hydrogen-bond acceptors (Lipinski definition) is 5. The summed E-state index contributed by atoms with van der Waals surface area (Å²) in [5, 5.41) is 8.04. The number of benzene rings is 2. The van der Waals surface area contributed by atoms with Crippen molar-refractivity contribution < 1.29 is 27.1 Å². The van der Waals surface area contributed by atoms with Crippen molar-refractivity contribution in [1.82, 2.24) is 5.32 Å². The number of amides is 1. The van der Waals surface area contributed by atoms with Crippen LogP contribution in [-0.2, 0) is 19.6 Å². The molecule has 1 amide bonds. The van der Waals surface area contributed by atoms with Crippen LogP contribution in [0.2, 0.25) is 5.02 Å². The summed E-state index contributed by atoms with van der Waals surface area (Å²) in [7, 11) is -4.12. The van der Waals surface area contributed by atoms with Crippen LogP contribution < -0.4 is 10.5 Å². The van der Waals surface area contributed by atoms with Crippen LogP contribution >= 0.6 is 11.6 Å². The van der Waals surface area contributed by atoms with Crippen molar-refractivity contribution in [2.24, 2.45) is 5.14 Å². The Morgan fingerprint density at radius 3 is 2.59 bits per heavy atom. The van der Waals surface area contributed by atoms with Gasteiger partial charge >= 0.3 is 5.97 Å². The molecule has 0 radical (unpaired) electrons. The van der Waals surface area contributed by atoms with Crippen LogP contribution in [0.5, 0.6) is 0 Å². The second-order valence-electron chi connectivity index (χ2n) is 5.61. The van der Waals surface area contributed by atoms with Gasteiger partial charge in [-0.3, -0.25) is 4.79 Å². The molecular weight excluding hydrogens is 399 g/mol. The maximum atomic E-state index is 13.8. The molecular formula is C17H16ClFN2O5S. The first-order valence-corrected chi connectivity index (χ1v) is 9.54. The smallest absolute Gasteiger partial charge is 0.341 e. The molecule has 2 rings (SSSR count). The van der Waals surface area contributed by atoms with Crippen molar-refractivity contribution in [3.63, 3.8) is 0 Å². The molecule has 0 spiro atoms. The number of ether oxygens (including phenoxy) is 1. The van der Waals surface area contributed by atoms with Crippen molar-refractivity contribution >= 4 is 33.5 Å². The molecule has 0 aliphatic carbocycles. The maximum Gasteiger partial charge on any atom is 0.341 e. The quantitative estimate of drug-likeness (QED) is 0.703. The second-order valence-corrected chi connectivity index (χ2v) is 7.60. The van der Waals surface area contributed by atoms with Gasteiger partial charge in [-0.1, -0.05) is 23.7 Å². The number of rotatable bonds is 6. The van der Waals surface area contributed by atoms with E-state index in [4.69, 9.17) is 21.5 Å². The minimum absolute atomic E-state index is 0.405. The zero-order chi connectivity index (χ0) is 20.2. The van der Waals surface area contributed by atoms with Crippen LogP contribution in [0.3, 0.4) is 0 Å². The fourth-order valence-corrected chi connectivity index (χ4v) is 2.93. The summed E-state index contributed by atoms with van der Waals surface area (Å²) in [5.41, 5.74) is 0.103. The van der Waals surface area contributed by atoms with E-state index in [0.29, 0.717) is 5.02 Å². The Kier molecular flexibility index (Phi) is 6.53. The molecule has 0 aromatic heterocycles. The zero-order valence-corrected chi connectivity index (χ0v) is 15.7. The van der Waals surface area contributed by atoms with Crippen molar-refractivity contribution in [3.05, 3.63) is 64.4 Å². The third-order valence-electron chi connectivity index (χ3n) is 3.55. The summed E-state index contributed by atoms with van der Waals surface area (Å²) < 4.78 is 41.1. The number of primary sulfonamides is 1. The Labute approximate surface area is 160 Å². The number of esters is 1. The lowest BCUT2D eigenvalue weighted by molar-refractivity contribution is -0.124. The molecule has 0 saturated heterocycles. The molecule has 0 aliphatic rings. The van der Waals surface area contributed by atoms with E-state index in [1.807, 2.05) is 0 Å². The Bertz CT molecular complexity index is 981. The summed E-state index contributed by atoms with van der Waals surface area (Å²) in [5.74, 6) is -2.82. The SMILES string of the molecule is C[C@H](NC(=O)COC(=O)c1cc(S(N)(=O)=O)ccc1F)c1cccc(Cl)c1. The summed E-state index contributed by atoms with van der Waals surface area (Å²) in [6.45, 7) is 1.03. The number of carbonyl (C=O) groups is 2. The lowest BCUT2D eigenvalue weighted by Gasteiger charge is -2.14. The summed E-state index contributed by atoms with van der Waals surface area (Å²) in [6, 6.07) is 8.88. The molecule has 144 valence electrons. The van der Waals surface area contributed by atoms with Gasteiger partial charge in [-0.25, -0.2) is 22.7 Å². The van der Waals surface area contributed by atoms with Gasteiger partial charge < -0.3 is 10.1 Å². The average Bonchev–Trinajstić information content (AvgIpc) is 2.59. The molecule has 1 atom stereocenters. The lowest BCUT2D eigenvalue weighted by atomic mass is 10.1. The summed E-state index contributed by atoms with van der Waals surface area (Å²) >= 11 is 5.89. The molecule has 0 heterocycles. The van der Waals surface area contributed by atoms with Gasteiger partial charge in [0.05, 0.1) is 16.5 Å². The Morgan fingerprint density at radius 2 is 1.96 bits per heavy atom. The highest BCUT2D eigenvalue weighted by Crippen LogP contribution is 2.18. The summed E-state index contributed by atoms with van der Waals surface area (Å²) in [4.78, 5) is 23.4. The Hall–Kier alpha value is -2.49. The molecule has 27 heavy (non-hydrogen) atoms. The highest BCUT2D eigenvalue weighted by molar-refractivity contribution is 7.89. The molecule has 0 fully saturated rings. The standard InChI is InChI=1S/C17H16ClFN2O5S/c1-10(11-3-2-4-12(18)7-11)21-16(22)9-26-17(23)14-8-13(27(20,24)25)5-6-15(14)19/h2-8,10H,9H2,1H3,(H,21,22)(H2,20,24,25)/t10-/m0/s1. The van der Waals surface area contributed by atoms with E-state index in [0.717, 1.165) is 23.8 Å². The monoisotopic (exact) mass is 414 g/mol. The molecule has 7 nitrogen and oxygen atoms in total. The first-order chi connectivity index (χ1) is 12.6.